The number of carbonyl (C=O) groups excluding carboxylic acids is 2. The van der Waals surface area contributed by atoms with Gasteiger partial charge in [0.1, 0.15) is 11.3 Å². The number of benzene rings is 2. The zero-order valence-corrected chi connectivity index (χ0v) is 15.8. The number of ether oxygens (including phenoxy) is 1. The number of thiocarbonyl (C=S) groups is 1. The summed E-state index contributed by atoms with van der Waals surface area (Å²) in [5.41, 5.74) is 0.921. The summed E-state index contributed by atoms with van der Waals surface area (Å²) in [6, 6.07) is 11.7. The van der Waals surface area contributed by atoms with Crippen molar-refractivity contribution in [1.29, 1.82) is 0 Å². The lowest BCUT2D eigenvalue weighted by Gasteiger charge is -2.29. The van der Waals surface area contributed by atoms with Gasteiger partial charge in [-0.05, 0) is 42.6 Å². The number of amides is 2. The maximum absolute atomic E-state index is 12.9. The van der Waals surface area contributed by atoms with Crippen molar-refractivity contribution in [2.45, 2.75) is 0 Å². The molecular formula is C18H12Cl2N2O3S. The topological polar surface area (TPSA) is 58.6 Å². The molecule has 2 aromatic carbocycles. The summed E-state index contributed by atoms with van der Waals surface area (Å²) in [4.78, 5) is 26.4. The average Bonchev–Trinajstić information content (AvgIpc) is 2.61. The van der Waals surface area contributed by atoms with E-state index in [-0.39, 0.29) is 15.7 Å². The number of methoxy groups -OCH3 is 1. The molecule has 2 aromatic rings. The first-order chi connectivity index (χ1) is 12.4. The average molecular weight is 407 g/mol. The number of hydrogen-bond donors (Lipinski definition) is 1. The molecule has 2 amide bonds. The van der Waals surface area contributed by atoms with Crippen molar-refractivity contribution in [3.8, 4) is 5.75 Å². The molecule has 3 rings (SSSR count). The van der Waals surface area contributed by atoms with E-state index in [4.69, 9.17) is 40.2 Å². The maximum Gasteiger partial charge on any atom is 0.270 e. The Bertz CT molecular complexity index is 959. The normalized spacial score (nSPS) is 16.0. The van der Waals surface area contributed by atoms with Crippen LogP contribution in [0.4, 0.5) is 5.69 Å². The number of nitrogens with zero attached hydrogens (tertiary/aromatic N) is 1. The predicted molar refractivity (Wildman–Crippen MR) is 106 cm³/mol. The molecule has 26 heavy (non-hydrogen) atoms. The smallest absolute Gasteiger partial charge is 0.270 e. The van der Waals surface area contributed by atoms with Crippen LogP contribution in [-0.4, -0.2) is 24.0 Å². The molecule has 0 unspecified atom stereocenters. The van der Waals surface area contributed by atoms with Gasteiger partial charge in [0.15, 0.2) is 5.11 Å². The number of anilines is 1. The molecule has 1 aliphatic rings. The van der Waals surface area contributed by atoms with Crippen LogP contribution in [0, 0.1) is 0 Å². The Labute approximate surface area is 165 Å². The first kappa shape index (κ1) is 18.4. The number of nitrogens with one attached hydrogen (secondary N) is 1. The first-order valence-electron chi connectivity index (χ1n) is 7.42. The van der Waals surface area contributed by atoms with E-state index in [2.05, 4.69) is 5.32 Å². The number of carbonyl (C=O) groups is 2. The van der Waals surface area contributed by atoms with E-state index in [0.29, 0.717) is 22.0 Å². The molecule has 0 aromatic heterocycles. The predicted octanol–water partition coefficient (Wildman–Crippen LogP) is 3.83. The van der Waals surface area contributed by atoms with E-state index in [1.807, 2.05) is 0 Å². The summed E-state index contributed by atoms with van der Waals surface area (Å²) in [7, 11) is 1.51. The van der Waals surface area contributed by atoms with E-state index in [1.165, 1.54) is 24.2 Å². The molecule has 0 bridgehead atoms. The van der Waals surface area contributed by atoms with Gasteiger partial charge in [0.2, 0.25) is 0 Å². The van der Waals surface area contributed by atoms with Gasteiger partial charge in [-0.25, -0.2) is 0 Å². The van der Waals surface area contributed by atoms with Gasteiger partial charge in [0, 0.05) is 5.56 Å². The van der Waals surface area contributed by atoms with Crippen molar-refractivity contribution >= 4 is 64.1 Å². The van der Waals surface area contributed by atoms with Gasteiger partial charge in [-0.1, -0.05) is 41.4 Å². The Morgan fingerprint density at radius 2 is 1.85 bits per heavy atom. The standard InChI is InChI=1S/C18H12Cl2N2O3S/c1-25-15-5-3-2-4-10(15)8-12-16(23)21-18(26)22(17(12)24)11-6-7-13(19)14(20)9-11/h2-9H,1H3,(H,21,23,26)/b12-8+. The van der Waals surface area contributed by atoms with Crippen molar-refractivity contribution in [2.24, 2.45) is 0 Å². The van der Waals surface area contributed by atoms with E-state index >= 15 is 0 Å². The molecule has 1 aliphatic heterocycles. The second-order valence-electron chi connectivity index (χ2n) is 5.30. The number of hydrogen-bond acceptors (Lipinski definition) is 4. The fourth-order valence-electron chi connectivity index (χ4n) is 2.46. The highest BCUT2D eigenvalue weighted by Gasteiger charge is 2.34. The molecule has 0 radical (unpaired) electrons. The Balaban J connectivity index is 2.05. The van der Waals surface area contributed by atoms with Gasteiger partial charge < -0.3 is 4.74 Å². The third-order valence-electron chi connectivity index (χ3n) is 3.70. The molecule has 0 spiro atoms. The second kappa shape index (κ2) is 7.45. The molecule has 8 heteroatoms. The van der Waals surface area contributed by atoms with Crippen LogP contribution in [0.2, 0.25) is 10.0 Å². The van der Waals surface area contributed by atoms with E-state index in [0.717, 1.165) is 0 Å². The van der Waals surface area contributed by atoms with E-state index < -0.39 is 11.8 Å². The Morgan fingerprint density at radius 3 is 2.54 bits per heavy atom. The van der Waals surface area contributed by atoms with Gasteiger partial charge >= 0.3 is 0 Å². The molecule has 0 aliphatic carbocycles. The van der Waals surface area contributed by atoms with Crippen LogP contribution in [0.25, 0.3) is 6.08 Å². The minimum atomic E-state index is -0.581. The van der Waals surface area contributed by atoms with Crippen LogP contribution < -0.4 is 15.0 Å². The lowest BCUT2D eigenvalue weighted by molar-refractivity contribution is -0.122. The SMILES string of the molecule is COc1ccccc1/C=C1\C(=O)NC(=S)N(c2ccc(Cl)c(Cl)c2)C1=O. The molecule has 0 saturated carbocycles. The van der Waals surface area contributed by atoms with Crippen molar-refractivity contribution in [2.75, 3.05) is 12.0 Å². The minimum Gasteiger partial charge on any atom is -0.496 e. The molecule has 1 N–H and O–H groups in total. The van der Waals surface area contributed by atoms with Crippen LogP contribution in [0.1, 0.15) is 5.56 Å². The summed E-state index contributed by atoms with van der Waals surface area (Å²) in [5.74, 6) is -0.611. The fraction of sp³-hybridized carbons (Fsp3) is 0.0556. The number of halogens is 2. The van der Waals surface area contributed by atoms with Crippen LogP contribution in [0.5, 0.6) is 5.75 Å². The number of para-hydroxylation sites is 1. The molecule has 1 saturated heterocycles. The third-order valence-corrected chi connectivity index (χ3v) is 4.73. The fourth-order valence-corrected chi connectivity index (χ4v) is 3.03. The highest BCUT2D eigenvalue weighted by Crippen LogP contribution is 2.30. The van der Waals surface area contributed by atoms with Gasteiger partial charge in [-0.15, -0.1) is 0 Å². The van der Waals surface area contributed by atoms with Crippen molar-refractivity contribution in [1.82, 2.24) is 5.32 Å². The summed E-state index contributed by atoms with van der Waals surface area (Å²) in [6.45, 7) is 0. The Hall–Kier alpha value is -2.41. The third kappa shape index (κ3) is 3.44. The van der Waals surface area contributed by atoms with E-state index in [1.54, 1.807) is 36.4 Å². The number of rotatable bonds is 3. The minimum absolute atomic E-state index is 0.0319. The van der Waals surface area contributed by atoms with Gasteiger partial charge in [-0.2, -0.15) is 0 Å². The largest absolute Gasteiger partial charge is 0.496 e. The molecule has 0 atom stereocenters. The molecule has 5 nitrogen and oxygen atoms in total. The van der Waals surface area contributed by atoms with Crippen LogP contribution in [0.3, 0.4) is 0 Å². The van der Waals surface area contributed by atoms with Crippen molar-refractivity contribution in [3.05, 3.63) is 63.6 Å². The van der Waals surface area contributed by atoms with Crippen molar-refractivity contribution < 1.29 is 14.3 Å². The van der Waals surface area contributed by atoms with Gasteiger partial charge in [0.25, 0.3) is 11.8 Å². The Kier molecular flexibility index (Phi) is 5.27. The summed E-state index contributed by atoms with van der Waals surface area (Å²) < 4.78 is 5.26. The monoisotopic (exact) mass is 406 g/mol. The lowest BCUT2D eigenvalue weighted by Crippen LogP contribution is -2.54. The van der Waals surface area contributed by atoms with Gasteiger partial charge in [0.05, 0.1) is 22.8 Å². The lowest BCUT2D eigenvalue weighted by atomic mass is 10.1. The Morgan fingerprint density at radius 1 is 1.12 bits per heavy atom. The van der Waals surface area contributed by atoms with E-state index in [9.17, 15) is 9.59 Å². The molecule has 132 valence electrons. The zero-order valence-electron chi connectivity index (χ0n) is 13.5. The molecule has 1 heterocycles. The highest BCUT2D eigenvalue weighted by atomic mass is 35.5. The second-order valence-corrected chi connectivity index (χ2v) is 6.50. The summed E-state index contributed by atoms with van der Waals surface area (Å²) in [6.07, 6.45) is 1.46. The van der Waals surface area contributed by atoms with Crippen LogP contribution >= 0.6 is 35.4 Å². The van der Waals surface area contributed by atoms with Crippen LogP contribution in [0.15, 0.2) is 48.0 Å². The maximum atomic E-state index is 12.9. The summed E-state index contributed by atoms with van der Waals surface area (Å²) in [5, 5.41) is 3.10. The highest BCUT2D eigenvalue weighted by molar-refractivity contribution is 7.80. The first-order valence-corrected chi connectivity index (χ1v) is 8.58. The molecule has 1 fully saturated rings. The quantitative estimate of drug-likeness (QED) is 0.477. The summed E-state index contributed by atoms with van der Waals surface area (Å²) >= 11 is 17.1. The van der Waals surface area contributed by atoms with Crippen molar-refractivity contribution in [3.63, 3.8) is 0 Å². The zero-order chi connectivity index (χ0) is 18.8. The van der Waals surface area contributed by atoms with Crippen LogP contribution in [-0.2, 0) is 9.59 Å². The molecular weight excluding hydrogens is 395 g/mol. The van der Waals surface area contributed by atoms with Gasteiger partial charge in [-0.3, -0.25) is 19.8 Å².